The summed E-state index contributed by atoms with van der Waals surface area (Å²) >= 11 is 2.12. The maximum Gasteiger partial charge on any atom is 0.122 e. The van der Waals surface area contributed by atoms with Gasteiger partial charge in [0.15, 0.2) is 0 Å². The van der Waals surface area contributed by atoms with Gasteiger partial charge < -0.3 is 9.73 Å². The molecule has 4 heteroatoms. The van der Waals surface area contributed by atoms with Gasteiger partial charge in [0, 0.05) is 42.2 Å². The molecule has 1 aromatic rings. The molecular weight excluding hydrogens is 256 g/mol. The van der Waals surface area contributed by atoms with Crippen LogP contribution < -0.4 is 5.32 Å². The Morgan fingerprint density at radius 2 is 2.37 bits per heavy atom. The molecule has 1 atom stereocenters. The summed E-state index contributed by atoms with van der Waals surface area (Å²) in [6, 6.07) is 2.62. The lowest BCUT2D eigenvalue weighted by molar-refractivity contribution is 0.270. The zero-order valence-corrected chi connectivity index (χ0v) is 13.1. The van der Waals surface area contributed by atoms with Gasteiger partial charge in [-0.2, -0.15) is 11.8 Å². The van der Waals surface area contributed by atoms with Gasteiger partial charge in [0.05, 0.1) is 12.8 Å². The van der Waals surface area contributed by atoms with Crippen LogP contribution in [0.25, 0.3) is 0 Å². The standard InChI is InChI=1S/C15H26N2OS/c1-4-14-11-17(6-8-19-14)10-13-5-7-18-15(13)9-16-12(2)3/h5,7,12,14,16H,4,6,8-11H2,1-3H3. The van der Waals surface area contributed by atoms with E-state index in [2.05, 4.69) is 48.8 Å². The highest BCUT2D eigenvalue weighted by Gasteiger charge is 2.20. The summed E-state index contributed by atoms with van der Waals surface area (Å²) in [5, 5.41) is 4.23. The Labute approximate surface area is 121 Å². The van der Waals surface area contributed by atoms with Gasteiger partial charge >= 0.3 is 0 Å². The van der Waals surface area contributed by atoms with Crippen molar-refractivity contribution in [3.63, 3.8) is 0 Å². The molecule has 108 valence electrons. The third kappa shape index (κ3) is 4.55. The third-order valence-electron chi connectivity index (χ3n) is 3.58. The van der Waals surface area contributed by atoms with E-state index in [1.54, 1.807) is 0 Å². The average Bonchev–Trinajstić information content (AvgIpc) is 2.84. The van der Waals surface area contributed by atoms with Crippen LogP contribution in [-0.2, 0) is 13.1 Å². The second-order valence-electron chi connectivity index (χ2n) is 5.54. The molecule has 0 amide bonds. The lowest BCUT2D eigenvalue weighted by Crippen LogP contribution is -2.37. The SMILES string of the molecule is CCC1CN(Cc2ccoc2CNC(C)C)CCS1. The fourth-order valence-electron chi connectivity index (χ4n) is 2.37. The summed E-state index contributed by atoms with van der Waals surface area (Å²) in [7, 11) is 0. The van der Waals surface area contributed by atoms with Crippen molar-refractivity contribution < 1.29 is 4.42 Å². The highest BCUT2D eigenvalue weighted by Crippen LogP contribution is 2.23. The van der Waals surface area contributed by atoms with Gasteiger partial charge in [0.2, 0.25) is 0 Å². The first-order valence-corrected chi connectivity index (χ1v) is 8.36. The Kier molecular flexibility index (Phi) is 5.79. The summed E-state index contributed by atoms with van der Waals surface area (Å²) in [6.07, 6.45) is 3.09. The molecule has 0 spiro atoms. The van der Waals surface area contributed by atoms with Crippen LogP contribution in [-0.4, -0.2) is 35.0 Å². The highest BCUT2D eigenvalue weighted by molar-refractivity contribution is 8.00. The average molecular weight is 282 g/mol. The van der Waals surface area contributed by atoms with Gasteiger partial charge in [0.25, 0.3) is 0 Å². The molecule has 2 rings (SSSR count). The molecule has 2 heterocycles. The first-order chi connectivity index (χ1) is 9.19. The molecule has 1 fully saturated rings. The Hall–Kier alpha value is -0.450. The van der Waals surface area contributed by atoms with Crippen LogP contribution in [0.1, 0.15) is 38.5 Å². The van der Waals surface area contributed by atoms with E-state index in [-0.39, 0.29) is 0 Å². The number of furan rings is 1. The van der Waals surface area contributed by atoms with E-state index in [0.29, 0.717) is 6.04 Å². The van der Waals surface area contributed by atoms with E-state index >= 15 is 0 Å². The summed E-state index contributed by atoms with van der Waals surface area (Å²) in [5.41, 5.74) is 1.34. The zero-order valence-electron chi connectivity index (χ0n) is 12.3. The van der Waals surface area contributed by atoms with Crippen LogP contribution in [0.3, 0.4) is 0 Å². The predicted molar refractivity (Wildman–Crippen MR) is 82.5 cm³/mol. The maximum absolute atomic E-state index is 5.62. The quantitative estimate of drug-likeness (QED) is 0.868. The second kappa shape index (κ2) is 7.36. The molecular formula is C15H26N2OS. The summed E-state index contributed by atoms with van der Waals surface area (Å²) in [4.78, 5) is 2.56. The largest absolute Gasteiger partial charge is 0.468 e. The zero-order chi connectivity index (χ0) is 13.7. The Morgan fingerprint density at radius 3 is 3.11 bits per heavy atom. The first kappa shape index (κ1) is 14.9. The topological polar surface area (TPSA) is 28.4 Å². The number of hydrogen-bond acceptors (Lipinski definition) is 4. The summed E-state index contributed by atoms with van der Waals surface area (Å²) in [5.74, 6) is 2.36. The van der Waals surface area contributed by atoms with Crippen molar-refractivity contribution in [1.82, 2.24) is 10.2 Å². The fourth-order valence-corrected chi connectivity index (χ4v) is 3.62. The predicted octanol–water partition coefficient (Wildman–Crippen LogP) is 3.11. The Bertz CT molecular complexity index is 378. The van der Waals surface area contributed by atoms with Crippen molar-refractivity contribution in [3.8, 4) is 0 Å². The number of thioether (sulfide) groups is 1. The highest BCUT2D eigenvalue weighted by atomic mass is 32.2. The number of hydrogen-bond donors (Lipinski definition) is 1. The fraction of sp³-hybridized carbons (Fsp3) is 0.733. The molecule has 1 aliphatic heterocycles. The minimum atomic E-state index is 0.494. The van der Waals surface area contributed by atoms with E-state index in [1.807, 2.05) is 6.26 Å². The van der Waals surface area contributed by atoms with Crippen LogP contribution in [0.5, 0.6) is 0 Å². The van der Waals surface area contributed by atoms with Crippen LogP contribution in [0, 0.1) is 0 Å². The number of nitrogens with zero attached hydrogens (tertiary/aromatic N) is 1. The van der Waals surface area contributed by atoms with Crippen LogP contribution in [0.2, 0.25) is 0 Å². The summed E-state index contributed by atoms with van der Waals surface area (Å²) in [6.45, 7) is 10.9. The van der Waals surface area contributed by atoms with E-state index in [1.165, 1.54) is 30.8 Å². The molecule has 0 saturated carbocycles. The van der Waals surface area contributed by atoms with Crippen LogP contribution >= 0.6 is 11.8 Å². The van der Waals surface area contributed by atoms with Gasteiger partial charge in [-0.05, 0) is 12.5 Å². The number of nitrogens with one attached hydrogen (secondary N) is 1. The molecule has 1 unspecified atom stereocenters. The molecule has 1 N–H and O–H groups in total. The summed E-state index contributed by atoms with van der Waals surface area (Å²) < 4.78 is 5.62. The van der Waals surface area contributed by atoms with Crippen molar-refractivity contribution >= 4 is 11.8 Å². The molecule has 0 bridgehead atoms. The molecule has 0 radical (unpaired) electrons. The molecule has 1 aromatic heterocycles. The van der Waals surface area contributed by atoms with Crippen molar-refractivity contribution in [3.05, 3.63) is 23.7 Å². The van der Waals surface area contributed by atoms with Gasteiger partial charge in [0.1, 0.15) is 5.76 Å². The molecule has 3 nitrogen and oxygen atoms in total. The van der Waals surface area contributed by atoms with Crippen molar-refractivity contribution in [2.75, 3.05) is 18.8 Å². The Balaban J connectivity index is 1.89. The molecule has 0 aromatic carbocycles. The maximum atomic E-state index is 5.62. The van der Waals surface area contributed by atoms with Crippen molar-refractivity contribution in [2.45, 2.75) is 51.6 Å². The van der Waals surface area contributed by atoms with E-state index < -0.39 is 0 Å². The monoisotopic (exact) mass is 282 g/mol. The minimum absolute atomic E-state index is 0.494. The number of rotatable bonds is 6. The third-order valence-corrected chi connectivity index (χ3v) is 4.95. The van der Waals surface area contributed by atoms with Gasteiger partial charge in [-0.15, -0.1) is 0 Å². The van der Waals surface area contributed by atoms with Crippen LogP contribution in [0.15, 0.2) is 16.7 Å². The van der Waals surface area contributed by atoms with Gasteiger partial charge in [-0.3, -0.25) is 4.90 Å². The Morgan fingerprint density at radius 1 is 1.53 bits per heavy atom. The van der Waals surface area contributed by atoms with E-state index in [9.17, 15) is 0 Å². The molecule has 1 aliphatic rings. The van der Waals surface area contributed by atoms with Crippen molar-refractivity contribution in [2.24, 2.45) is 0 Å². The smallest absolute Gasteiger partial charge is 0.122 e. The van der Waals surface area contributed by atoms with Gasteiger partial charge in [-0.25, -0.2) is 0 Å². The van der Waals surface area contributed by atoms with Crippen molar-refractivity contribution in [1.29, 1.82) is 0 Å². The van der Waals surface area contributed by atoms with Crippen LogP contribution in [0.4, 0.5) is 0 Å². The second-order valence-corrected chi connectivity index (χ2v) is 6.95. The molecule has 0 aliphatic carbocycles. The van der Waals surface area contributed by atoms with Gasteiger partial charge in [-0.1, -0.05) is 20.8 Å². The first-order valence-electron chi connectivity index (χ1n) is 7.31. The van der Waals surface area contributed by atoms with E-state index in [4.69, 9.17) is 4.42 Å². The molecule has 1 saturated heterocycles. The lowest BCUT2D eigenvalue weighted by atomic mass is 10.2. The van der Waals surface area contributed by atoms with E-state index in [0.717, 1.165) is 24.1 Å². The normalized spacial score (nSPS) is 21.2. The lowest BCUT2D eigenvalue weighted by Gasteiger charge is -2.31. The minimum Gasteiger partial charge on any atom is -0.468 e. The molecule has 19 heavy (non-hydrogen) atoms.